The maximum absolute atomic E-state index is 7.04. The lowest BCUT2D eigenvalue weighted by Gasteiger charge is -2.43. The van der Waals surface area contributed by atoms with Crippen LogP contribution in [0.5, 0.6) is 0 Å². The monoisotopic (exact) mass is 734 g/mol. The minimum absolute atomic E-state index is 0.279. The van der Waals surface area contributed by atoms with Crippen LogP contribution < -0.4 is 9.80 Å². The van der Waals surface area contributed by atoms with Gasteiger partial charge in [-0.2, -0.15) is 0 Å². The molecule has 2 heterocycles. The number of benzene rings is 8. The summed E-state index contributed by atoms with van der Waals surface area (Å²) in [5.41, 5.74) is 18.1. The third-order valence-corrected chi connectivity index (χ3v) is 12.6. The molecule has 0 amide bonds. The Balaban J connectivity index is 1.22. The molecule has 0 spiro atoms. The number of hydrogen-bond acceptors (Lipinski definition) is 3. The number of fused-ring (bicyclic) bond motifs is 8. The Kier molecular flexibility index (Phi) is 7.25. The maximum Gasteiger partial charge on any atom is 0.159 e. The number of nitrogens with zero attached hydrogens (tertiary/aromatic N) is 2. The van der Waals surface area contributed by atoms with E-state index in [-0.39, 0.29) is 10.8 Å². The van der Waals surface area contributed by atoms with Gasteiger partial charge in [-0.05, 0) is 105 Å². The third kappa shape index (κ3) is 4.91. The molecule has 9 aromatic rings. The lowest BCUT2D eigenvalue weighted by atomic mass is 9.73. The molecule has 8 aromatic carbocycles. The standard InChI is InChI=1S/C54H42N2O/c1-53(2)45-24-14-15-25-47(45)56(37-19-9-6-10-20-37)48-32-31-39(33-46(48)53)55(38-29-27-36(28-30-38)35-17-7-5-8-18-35)51-50-42(40-21-11-13-23-44(40)54(50,3)4)34-43-41-22-12-16-26-49(41)57-52(43)51/h5-34H,1-4H3. The second kappa shape index (κ2) is 12.3. The molecular formula is C54H42N2O. The summed E-state index contributed by atoms with van der Waals surface area (Å²) in [6.45, 7) is 9.48. The number of anilines is 6. The SMILES string of the molecule is CC1(C)c2ccccc2N(c2ccccc2)c2ccc(N(c3ccc(-c4ccccc4)cc3)c3c4c(cc5c3oc3ccccc35)-c3ccccc3C4(C)C)cc21. The largest absolute Gasteiger partial charge is 0.454 e. The first-order valence-electron chi connectivity index (χ1n) is 19.9. The normalized spacial score (nSPS) is 14.6. The van der Waals surface area contributed by atoms with Crippen LogP contribution in [-0.2, 0) is 10.8 Å². The molecule has 57 heavy (non-hydrogen) atoms. The van der Waals surface area contributed by atoms with E-state index in [9.17, 15) is 0 Å². The first-order chi connectivity index (χ1) is 27.8. The zero-order valence-electron chi connectivity index (χ0n) is 32.6. The van der Waals surface area contributed by atoms with E-state index in [0.29, 0.717) is 0 Å². The van der Waals surface area contributed by atoms with Crippen LogP contribution >= 0.6 is 0 Å². The van der Waals surface area contributed by atoms with Crippen molar-refractivity contribution in [2.45, 2.75) is 38.5 Å². The molecule has 3 nitrogen and oxygen atoms in total. The molecule has 2 aliphatic rings. The second-order valence-corrected chi connectivity index (χ2v) is 16.6. The molecule has 11 rings (SSSR count). The Bertz CT molecular complexity index is 3010. The van der Waals surface area contributed by atoms with Gasteiger partial charge in [-0.3, -0.25) is 0 Å². The molecule has 0 fully saturated rings. The van der Waals surface area contributed by atoms with Crippen LogP contribution in [0.2, 0.25) is 0 Å². The molecule has 1 aliphatic heterocycles. The van der Waals surface area contributed by atoms with Crippen LogP contribution in [-0.4, -0.2) is 0 Å². The first-order valence-corrected chi connectivity index (χ1v) is 19.9. The molecule has 0 saturated heterocycles. The molecule has 0 bridgehead atoms. The average Bonchev–Trinajstić information content (AvgIpc) is 3.74. The van der Waals surface area contributed by atoms with E-state index >= 15 is 0 Å². The summed E-state index contributed by atoms with van der Waals surface area (Å²) in [4.78, 5) is 4.91. The Morgan fingerprint density at radius 2 is 1.07 bits per heavy atom. The van der Waals surface area contributed by atoms with E-state index in [1.165, 1.54) is 55.9 Å². The highest BCUT2D eigenvalue weighted by atomic mass is 16.3. The van der Waals surface area contributed by atoms with Gasteiger partial charge in [-0.1, -0.05) is 149 Å². The summed E-state index contributed by atoms with van der Waals surface area (Å²) in [7, 11) is 0. The highest BCUT2D eigenvalue weighted by molar-refractivity contribution is 6.14. The molecule has 274 valence electrons. The van der Waals surface area contributed by atoms with Gasteiger partial charge in [-0.15, -0.1) is 0 Å². The van der Waals surface area contributed by atoms with Gasteiger partial charge >= 0.3 is 0 Å². The van der Waals surface area contributed by atoms with Gasteiger partial charge in [0.25, 0.3) is 0 Å². The summed E-state index contributed by atoms with van der Waals surface area (Å²) in [5.74, 6) is 0. The number of furan rings is 1. The van der Waals surface area contributed by atoms with Crippen molar-refractivity contribution in [2.75, 3.05) is 9.80 Å². The number of hydrogen-bond donors (Lipinski definition) is 0. The van der Waals surface area contributed by atoms with Gasteiger partial charge in [0.1, 0.15) is 5.58 Å². The summed E-state index contributed by atoms with van der Waals surface area (Å²) < 4.78 is 7.04. The van der Waals surface area contributed by atoms with Gasteiger partial charge in [0.15, 0.2) is 5.58 Å². The van der Waals surface area contributed by atoms with Crippen LogP contribution in [0.1, 0.15) is 49.9 Å². The van der Waals surface area contributed by atoms with E-state index in [1.54, 1.807) is 0 Å². The Hall–Kier alpha value is -6.84. The van der Waals surface area contributed by atoms with Crippen LogP contribution in [0.15, 0.2) is 186 Å². The van der Waals surface area contributed by atoms with Crippen molar-refractivity contribution in [2.24, 2.45) is 0 Å². The maximum atomic E-state index is 7.04. The van der Waals surface area contributed by atoms with Crippen molar-refractivity contribution in [3.05, 3.63) is 204 Å². The van der Waals surface area contributed by atoms with Gasteiger partial charge in [0, 0.05) is 38.7 Å². The average molecular weight is 735 g/mol. The van der Waals surface area contributed by atoms with Gasteiger partial charge in [-0.25, -0.2) is 0 Å². The zero-order valence-corrected chi connectivity index (χ0v) is 32.6. The molecular weight excluding hydrogens is 693 g/mol. The van der Waals surface area contributed by atoms with E-state index < -0.39 is 0 Å². The molecule has 0 saturated carbocycles. The van der Waals surface area contributed by atoms with Crippen molar-refractivity contribution < 1.29 is 4.42 Å². The van der Waals surface area contributed by atoms with Crippen LogP contribution in [0.25, 0.3) is 44.2 Å². The molecule has 0 unspecified atom stereocenters. The number of rotatable bonds is 5. The highest BCUT2D eigenvalue weighted by Crippen LogP contribution is 2.59. The fraction of sp³-hybridized carbons (Fsp3) is 0.111. The third-order valence-electron chi connectivity index (χ3n) is 12.6. The molecule has 0 radical (unpaired) electrons. The van der Waals surface area contributed by atoms with Gasteiger partial charge < -0.3 is 14.2 Å². The van der Waals surface area contributed by atoms with E-state index in [2.05, 4.69) is 219 Å². The Morgan fingerprint density at radius 3 is 1.86 bits per heavy atom. The highest BCUT2D eigenvalue weighted by Gasteiger charge is 2.42. The first kappa shape index (κ1) is 33.5. The van der Waals surface area contributed by atoms with Crippen molar-refractivity contribution >= 4 is 56.1 Å². The van der Waals surface area contributed by atoms with E-state index in [1.807, 2.05) is 0 Å². The summed E-state index contributed by atoms with van der Waals surface area (Å²) in [6.07, 6.45) is 0. The van der Waals surface area contributed by atoms with Crippen molar-refractivity contribution in [3.63, 3.8) is 0 Å². The predicted octanol–water partition coefficient (Wildman–Crippen LogP) is 15.1. The van der Waals surface area contributed by atoms with Crippen LogP contribution in [0.4, 0.5) is 34.1 Å². The smallest absolute Gasteiger partial charge is 0.159 e. The minimum atomic E-state index is -0.298. The number of para-hydroxylation sites is 3. The Labute approximate surface area is 334 Å². The second-order valence-electron chi connectivity index (χ2n) is 16.6. The summed E-state index contributed by atoms with van der Waals surface area (Å²) in [6, 6.07) is 66.2. The lowest BCUT2D eigenvalue weighted by Crippen LogP contribution is -2.31. The van der Waals surface area contributed by atoms with Gasteiger partial charge in [0.2, 0.25) is 0 Å². The van der Waals surface area contributed by atoms with E-state index in [4.69, 9.17) is 4.42 Å². The lowest BCUT2D eigenvalue weighted by molar-refractivity contribution is 0.631. The molecule has 0 atom stereocenters. The van der Waals surface area contributed by atoms with Gasteiger partial charge in [0.05, 0.1) is 17.1 Å². The van der Waals surface area contributed by atoms with Crippen molar-refractivity contribution in [1.82, 2.24) is 0 Å². The molecule has 3 heteroatoms. The fourth-order valence-corrected chi connectivity index (χ4v) is 9.83. The Morgan fingerprint density at radius 1 is 0.456 bits per heavy atom. The zero-order chi connectivity index (χ0) is 38.5. The molecule has 1 aromatic heterocycles. The summed E-state index contributed by atoms with van der Waals surface area (Å²) >= 11 is 0. The topological polar surface area (TPSA) is 19.6 Å². The van der Waals surface area contributed by atoms with Crippen molar-refractivity contribution in [3.8, 4) is 22.3 Å². The molecule has 0 N–H and O–H groups in total. The summed E-state index contributed by atoms with van der Waals surface area (Å²) in [5, 5.41) is 2.25. The quantitative estimate of drug-likeness (QED) is 0.176. The van der Waals surface area contributed by atoms with Crippen LogP contribution in [0.3, 0.4) is 0 Å². The fourth-order valence-electron chi connectivity index (χ4n) is 9.83. The predicted molar refractivity (Wildman–Crippen MR) is 238 cm³/mol. The van der Waals surface area contributed by atoms with Crippen LogP contribution in [0, 0.1) is 0 Å². The van der Waals surface area contributed by atoms with Crippen molar-refractivity contribution in [1.29, 1.82) is 0 Å². The van der Waals surface area contributed by atoms with E-state index in [0.717, 1.165) is 44.7 Å². The molecule has 1 aliphatic carbocycles. The minimum Gasteiger partial charge on any atom is -0.454 e.